The average Bonchev–Trinajstić information content (AvgIpc) is 3.32. The first kappa shape index (κ1) is 23.5. The summed E-state index contributed by atoms with van der Waals surface area (Å²) in [5, 5.41) is 13.9. The van der Waals surface area contributed by atoms with Gasteiger partial charge in [0.15, 0.2) is 5.65 Å². The highest BCUT2D eigenvalue weighted by atomic mass is 16.5. The number of hydrogen-bond donors (Lipinski definition) is 0. The molecule has 0 unspecified atom stereocenters. The van der Waals surface area contributed by atoms with E-state index in [4.69, 9.17) is 15.1 Å². The normalized spacial score (nSPS) is 14.2. The first-order chi connectivity index (χ1) is 17.4. The smallest absolute Gasteiger partial charge is 0.257 e. The van der Waals surface area contributed by atoms with Gasteiger partial charge in [0.1, 0.15) is 5.75 Å². The summed E-state index contributed by atoms with van der Waals surface area (Å²) in [6.45, 7) is 7.04. The number of benzene rings is 2. The zero-order chi connectivity index (χ0) is 25.2. The van der Waals surface area contributed by atoms with Crippen LogP contribution in [-0.2, 0) is 0 Å². The minimum atomic E-state index is -0.0774. The Kier molecular flexibility index (Phi) is 6.40. The fraction of sp³-hybridized carbons (Fsp3) is 0.286. The zero-order valence-corrected chi connectivity index (χ0v) is 20.7. The molecule has 0 spiro atoms. The van der Waals surface area contributed by atoms with Crippen LogP contribution in [0.2, 0.25) is 0 Å². The van der Waals surface area contributed by atoms with Gasteiger partial charge >= 0.3 is 0 Å². The fourth-order valence-electron chi connectivity index (χ4n) is 4.33. The van der Waals surface area contributed by atoms with Gasteiger partial charge in [0.05, 0.1) is 40.9 Å². The van der Waals surface area contributed by atoms with Crippen molar-refractivity contribution in [3.63, 3.8) is 0 Å². The van der Waals surface area contributed by atoms with Crippen LogP contribution in [0.5, 0.6) is 5.75 Å². The molecule has 0 atom stereocenters. The summed E-state index contributed by atoms with van der Waals surface area (Å²) >= 11 is 0. The predicted octanol–water partition coefficient (Wildman–Crippen LogP) is 4.11. The number of likely N-dealkylation sites (N-methyl/N-ethyl adjacent to an activating group) is 1. The molecule has 1 fully saturated rings. The Morgan fingerprint density at radius 2 is 1.72 bits per heavy atom. The number of nitriles is 1. The second kappa shape index (κ2) is 9.80. The Balaban J connectivity index is 1.51. The van der Waals surface area contributed by atoms with E-state index in [-0.39, 0.29) is 12.0 Å². The maximum atomic E-state index is 13.3. The Morgan fingerprint density at radius 3 is 2.42 bits per heavy atom. The number of hydrogen-bond acceptors (Lipinski definition) is 6. The highest BCUT2D eigenvalue weighted by molar-refractivity contribution is 5.97. The molecule has 8 heteroatoms. The lowest BCUT2D eigenvalue weighted by molar-refractivity contribution is 0.0658. The molecule has 0 saturated carbocycles. The first-order valence-corrected chi connectivity index (χ1v) is 12.1. The van der Waals surface area contributed by atoms with Gasteiger partial charge in [-0.3, -0.25) is 4.79 Å². The predicted molar refractivity (Wildman–Crippen MR) is 138 cm³/mol. The van der Waals surface area contributed by atoms with Crippen LogP contribution in [0.1, 0.15) is 29.8 Å². The van der Waals surface area contributed by atoms with Crippen LogP contribution < -0.4 is 4.74 Å². The first-order valence-electron chi connectivity index (χ1n) is 12.1. The van der Waals surface area contributed by atoms with E-state index in [1.165, 1.54) is 0 Å². The molecule has 0 radical (unpaired) electrons. The van der Waals surface area contributed by atoms with E-state index in [0.29, 0.717) is 30.0 Å². The van der Waals surface area contributed by atoms with Crippen molar-refractivity contribution in [2.75, 3.05) is 33.2 Å². The van der Waals surface area contributed by atoms with Gasteiger partial charge in [0, 0.05) is 37.3 Å². The van der Waals surface area contributed by atoms with Gasteiger partial charge in [-0.2, -0.15) is 10.4 Å². The van der Waals surface area contributed by atoms with E-state index < -0.39 is 0 Å². The number of imidazole rings is 1. The lowest BCUT2D eigenvalue weighted by Gasteiger charge is -2.32. The lowest BCUT2D eigenvalue weighted by Crippen LogP contribution is -2.47. The summed E-state index contributed by atoms with van der Waals surface area (Å²) in [5.74, 6) is 0.553. The molecule has 0 N–H and O–H groups in total. The van der Waals surface area contributed by atoms with Crippen LogP contribution in [0.15, 0.2) is 60.8 Å². The number of fused-ring (bicyclic) bond motifs is 1. The quantitative estimate of drug-likeness (QED) is 0.427. The molecule has 5 rings (SSSR count). The number of piperazine rings is 1. The van der Waals surface area contributed by atoms with Gasteiger partial charge in [0.2, 0.25) is 0 Å². The minimum absolute atomic E-state index is 0.00794. The van der Waals surface area contributed by atoms with Crippen LogP contribution in [-0.4, -0.2) is 69.6 Å². The van der Waals surface area contributed by atoms with E-state index in [1.807, 2.05) is 61.2 Å². The van der Waals surface area contributed by atoms with Crippen LogP contribution >= 0.6 is 0 Å². The molecule has 182 valence electrons. The SMILES string of the molecule is CC(C)Oc1cc(-c2ccc3ncc(-c4ccc(C#N)cc4)n3n2)ccc1C(=O)N1CCN(C)CC1. The summed E-state index contributed by atoms with van der Waals surface area (Å²) in [6, 6.07) is 19.0. The highest BCUT2D eigenvalue weighted by Crippen LogP contribution is 2.30. The highest BCUT2D eigenvalue weighted by Gasteiger charge is 2.24. The van der Waals surface area contributed by atoms with Gasteiger partial charge in [-0.1, -0.05) is 18.2 Å². The minimum Gasteiger partial charge on any atom is -0.490 e. The fourth-order valence-corrected chi connectivity index (χ4v) is 4.33. The van der Waals surface area contributed by atoms with Gasteiger partial charge < -0.3 is 14.5 Å². The maximum absolute atomic E-state index is 13.3. The second-order valence-electron chi connectivity index (χ2n) is 9.29. The molecule has 3 heterocycles. The molecule has 1 aliphatic rings. The molecular weight excluding hydrogens is 452 g/mol. The third-order valence-electron chi connectivity index (χ3n) is 6.33. The molecule has 1 aliphatic heterocycles. The van der Waals surface area contributed by atoms with Crippen LogP contribution in [0.25, 0.3) is 28.2 Å². The average molecular weight is 481 g/mol. The van der Waals surface area contributed by atoms with Crippen LogP contribution in [0.4, 0.5) is 0 Å². The summed E-state index contributed by atoms with van der Waals surface area (Å²) in [6.07, 6.45) is 1.70. The van der Waals surface area contributed by atoms with Crippen molar-refractivity contribution in [2.45, 2.75) is 20.0 Å². The Labute approximate surface area is 210 Å². The molecule has 1 saturated heterocycles. The van der Waals surface area contributed by atoms with Crippen LogP contribution in [0.3, 0.4) is 0 Å². The van der Waals surface area contributed by atoms with Gasteiger partial charge in [-0.25, -0.2) is 9.50 Å². The van der Waals surface area contributed by atoms with E-state index in [2.05, 4.69) is 23.0 Å². The number of nitrogens with zero attached hydrogens (tertiary/aromatic N) is 6. The molecule has 2 aromatic heterocycles. The van der Waals surface area contributed by atoms with Crippen molar-refractivity contribution >= 4 is 11.6 Å². The number of carbonyl (C=O) groups excluding carboxylic acids is 1. The topological polar surface area (TPSA) is 86.8 Å². The second-order valence-corrected chi connectivity index (χ2v) is 9.29. The standard InChI is InChI=1S/C28H28N6O2/c1-19(2)36-26-16-22(8-9-23(26)28(35)33-14-12-32(3)13-15-33)24-10-11-27-30-18-25(34(27)31-24)21-6-4-20(17-29)5-7-21/h4-11,16,18-19H,12-15H2,1-3H3. The van der Waals surface area contributed by atoms with Crippen molar-refractivity contribution < 1.29 is 9.53 Å². The van der Waals surface area contributed by atoms with E-state index >= 15 is 0 Å². The molecule has 36 heavy (non-hydrogen) atoms. The zero-order valence-electron chi connectivity index (χ0n) is 20.7. The maximum Gasteiger partial charge on any atom is 0.257 e. The van der Waals surface area contributed by atoms with Crippen molar-refractivity contribution in [2.24, 2.45) is 0 Å². The molecule has 0 aliphatic carbocycles. The molecule has 2 aromatic carbocycles. The molecule has 1 amide bonds. The third-order valence-corrected chi connectivity index (χ3v) is 6.33. The molecule has 0 bridgehead atoms. The summed E-state index contributed by atoms with van der Waals surface area (Å²) in [5.41, 5.74) is 5.23. The third kappa shape index (κ3) is 4.66. The Bertz CT molecular complexity index is 1440. The molecular formula is C28H28N6O2. The number of aromatic nitrogens is 3. The monoisotopic (exact) mass is 480 g/mol. The molecule has 8 nitrogen and oxygen atoms in total. The number of carbonyl (C=O) groups is 1. The Morgan fingerprint density at radius 1 is 1.00 bits per heavy atom. The Hall–Kier alpha value is -4.22. The molecule has 4 aromatic rings. The van der Waals surface area contributed by atoms with E-state index in [1.54, 1.807) is 22.8 Å². The van der Waals surface area contributed by atoms with Crippen LogP contribution in [0, 0.1) is 11.3 Å². The van der Waals surface area contributed by atoms with Crippen molar-refractivity contribution in [3.05, 3.63) is 71.9 Å². The van der Waals surface area contributed by atoms with Crippen molar-refractivity contribution in [1.82, 2.24) is 24.4 Å². The summed E-state index contributed by atoms with van der Waals surface area (Å²) < 4.78 is 7.89. The van der Waals surface area contributed by atoms with Crippen molar-refractivity contribution in [1.29, 1.82) is 5.26 Å². The van der Waals surface area contributed by atoms with Gasteiger partial charge in [-0.15, -0.1) is 0 Å². The van der Waals surface area contributed by atoms with E-state index in [9.17, 15) is 4.79 Å². The number of ether oxygens (including phenoxy) is 1. The number of amides is 1. The van der Waals surface area contributed by atoms with E-state index in [0.717, 1.165) is 41.3 Å². The van der Waals surface area contributed by atoms with Gasteiger partial charge in [-0.05, 0) is 57.3 Å². The summed E-state index contributed by atoms with van der Waals surface area (Å²) in [7, 11) is 2.07. The van der Waals surface area contributed by atoms with Gasteiger partial charge in [0.25, 0.3) is 5.91 Å². The number of rotatable bonds is 5. The largest absolute Gasteiger partial charge is 0.490 e. The lowest BCUT2D eigenvalue weighted by atomic mass is 10.1. The van der Waals surface area contributed by atoms with Crippen molar-refractivity contribution in [3.8, 4) is 34.3 Å². The summed E-state index contributed by atoms with van der Waals surface area (Å²) in [4.78, 5) is 21.9.